The molecule has 2 aromatic rings. The van der Waals surface area contributed by atoms with E-state index in [4.69, 9.17) is 5.73 Å². The molecule has 4 N–H and O–H groups in total. The van der Waals surface area contributed by atoms with Gasteiger partial charge >= 0.3 is 6.18 Å². The van der Waals surface area contributed by atoms with Crippen LogP contribution in [0.1, 0.15) is 19.4 Å². The lowest BCUT2D eigenvalue weighted by Crippen LogP contribution is -2.39. The Balaban J connectivity index is 0.00000338. The van der Waals surface area contributed by atoms with E-state index in [0.717, 1.165) is 12.3 Å². The van der Waals surface area contributed by atoms with Gasteiger partial charge in [0, 0.05) is 17.6 Å². The van der Waals surface area contributed by atoms with Gasteiger partial charge in [-0.05, 0) is 42.3 Å². The molecule has 1 amide bonds. The Labute approximate surface area is 155 Å². The molecule has 5 nitrogen and oxygen atoms in total. The zero-order valence-corrected chi connectivity index (χ0v) is 15.0. The fourth-order valence-corrected chi connectivity index (χ4v) is 1.95. The van der Waals surface area contributed by atoms with Crippen LogP contribution in [0.2, 0.25) is 0 Å². The molecule has 0 spiro atoms. The van der Waals surface area contributed by atoms with E-state index >= 15 is 0 Å². The van der Waals surface area contributed by atoms with Gasteiger partial charge in [0.25, 0.3) is 0 Å². The van der Waals surface area contributed by atoms with Gasteiger partial charge in [-0.3, -0.25) is 4.79 Å². The molecule has 0 unspecified atom stereocenters. The number of halogens is 4. The maximum Gasteiger partial charge on any atom is 0.417 e. The molecular weight excluding hydrogens is 369 g/mol. The first kappa shape index (κ1) is 21.7. The number of nitrogens with two attached hydrogens (primary N) is 1. The largest absolute Gasteiger partial charge is 0.417 e. The molecule has 0 fully saturated rings. The molecular formula is C17H20ClF3N4O. The molecule has 0 bridgehead atoms. The van der Waals surface area contributed by atoms with Gasteiger partial charge in [-0.15, -0.1) is 12.4 Å². The summed E-state index contributed by atoms with van der Waals surface area (Å²) in [6.07, 6.45) is -3.65. The maximum atomic E-state index is 12.5. The first-order chi connectivity index (χ1) is 11.7. The second-order valence-corrected chi connectivity index (χ2v) is 5.89. The predicted octanol–water partition coefficient (Wildman–Crippen LogP) is 4.19. The van der Waals surface area contributed by atoms with Crippen molar-refractivity contribution >= 4 is 35.5 Å². The first-order valence-electron chi connectivity index (χ1n) is 7.63. The van der Waals surface area contributed by atoms with Crippen molar-refractivity contribution < 1.29 is 18.0 Å². The van der Waals surface area contributed by atoms with Gasteiger partial charge in [-0.2, -0.15) is 13.2 Å². The number of carbonyl (C=O) groups excluding carboxylic acids is 1. The summed E-state index contributed by atoms with van der Waals surface area (Å²) in [7, 11) is 0. The fraction of sp³-hybridized carbons (Fsp3) is 0.294. The maximum absolute atomic E-state index is 12.5. The number of pyridine rings is 1. The molecule has 0 aliphatic carbocycles. The average molecular weight is 389 g/mol. The highest BCUT2D eigenvalue weighted by Crippen LogP contribution is 2.29. The Morgan fingerprint density at radius 3 is 2.12 bits per heavy atom. The molecule has 0 saturated carbocycles. The molecule has 0 saturated heterocycles. The van der Waals surface area contributed by atoms with Crippen molar-refractivity contribution in [1.82, 2.24) is 4.98 Å². The van der Waals surface area contributed by atoms with Gasteiger partial charge in [0.2, 0.25) is 5.91 Å². The van der Waals surface area contributed by atoms with E-state index in [1.807, 2.05) is 13.8 Å². The molecule has 1 atom stereocenters. The minimum atomic E-state index is -4.41. The molecule has 0 radical (unpaired) electrons. The Hall–Kier alpha value is -2.32. The summed E-state index contributed by atoms with van der Waals surface area (Å²) in [5.74, 6) is 0.0263. The van der Waals surface area contributed by atoms with Crippen LogP contribution in [0.3, 0.4) is 0 Å². The monoisotopic (exact) mass is 388 g/mol. The normalized spacial score (nSPS) is 12.3. The number of nitrogens with one attached hydrogen (secondary N) is 2. The highest BCUT2D eigenvalue weighted by Gasteiger charge is 2.30. The van der Waals surface area contributed by atoms with Crippen LogP contribution < -0.4 is 16.4 Å². The lowest BCUT2D eigenvalue weighted by molar-refractivity contribution is -0.137. The summed E-state index contributed by atoms with van der Waals surface area (Å²) in [6.45, 7) is 3.71. The van der Waals surface area contributed by atoms with Crippen LogP contribution in [-0.2, 0) is 11.0 Å². The van der Waals surface area contributed by atoms with Crippen LogP contribution in [-0.4, -0.2) is 16.9 Å². The fourth-order valence-electron chi connectivity index (χ4n) is 1.95. The summed E-state index contributed by atoms with van der Waals surface area (Å²) in [4.78, 5) is 15.6. The number of amides is 1. The number of hydrogen-bond donors (Lipinski definition) is 3. The van der Waals surface area contributed by atoms with Crippen molar-refractivity contribution in [3.05, 3.63) is 48.2 Å². The molecule has 1 aromatic carbocycles. The van der Waals surface area contributed by atoms with Crippen molar-refractivity contribution in [2.45, 2.75) is 26.1 Å². The Morgan fingerprint density at radius 1 is 1.08 bits per heavy atom. The van der Waals surface area contributed by atoms with E-state index < -0.39 is 17.8 Å². The van der Waals surface area contributed by atoms with E-state index in [1.165, 1.54) is 6.07 Å². The van der Waals surface area contributed by atoms with E-state index in [2.05, 4.69) is 15.6 Å². The third kappa shape index (κ3) is 5.89. The van der Waals surface area contributed by atoms with Crippen LogP contribution in [0.25, 0.3) is 0 Å². The first-order valence-corrected chi connectivity index (χ1v) is 7.63. The molecule has 0 aliphatic heterocycles. The van der Waals surface area contributed by atoms with E-state index in [-0.39, 0.29) is 30.0 Å². The number of hydrogen-bond acceptors (Lipinski definition) is 4. The molecule has 1 aromatic heterocycles. The third-order valence-electron chi connectivity index (χ3n) is 3.54. The van der Waals surface area contributed by atoms with Gasteiger partial charge in [0.05, 0.1) is 11.6 Å². The lowest BCUT2D eigenvalue weighted by Gasteiger charge is -2.15. The number of benzene rings is 1. The van der Waals surface area contributed by atoms with Crippen LogP contribution in [0.5, 0.6) is 0 Å². The van der Waals surface area contributed by atoms with Gasteiger partial charge < -0.3 is 16.4 Å². The second-order valence-electron chi connectivity index (χ2n) is 5.89. The molecule has 2 rings (SSSR count). The third-order valence-corrected chi connectivity index (χ3v) is 3.54. The molecule has 9 heteroatoms. The van der Waals surface area contributed by atoms with Crippen molar-refractivity contribution in [1.29, 1.82) is 0 Å². The lowest BCUT2D eigenvalue weighted by atomic mass is 10.0. The summed E-state index contributed by atoms with van der Waals surface area (Å²) in [5, 5.41) is 5.59. The SMILES string of the molecule is CC(C)[C@H](N)C(=O)Nc1ccc(Nc2ccc(C(F)(F)F)cn2)cc1.Cl. The van der Waals surface area contributed by atoms with Crippen molar-refractivity contribution in [2.24, 2.45) is 11.7 Å². The Morgan fingerprint density at radius 2 is 1.65 bits per heavy atom. The molecule has 0 aliphatic rings. The molecule has 142 valence electrons. The summed E-state index contributed by atoms with van der Waals surface area (Å²) in [6, 6.07) is 8.28. The highest BCUT2D eigenvalue weighted by atomic mass is 35.5. The van der Waals surface area contributed by atoms with Gasteiger partial charge in [0.1, 0.15) is 5.82 Å². The highest BCUT2D eigenvalue weighted by molar-refractivity contribution is 5.95. The van der Waals surface area contributed by atoms with Gasteiger partial charge in [-0.25, -0.2) is 4.98 Å². The summed E-state index contributed by atoms with van der Waals surface area (Å²) >= 11 is 0. The van der Waals surface area contributed by atoms with Crippen molar-refractivity contribution in [2.75, 3.05) is 10.6 Å². The topological polar surface area (TPSA) is 80.0 Å². The summed E-state index contributed by atoms with van der Waals surface area (Å²) < 4.78 is 37.5. The zero-order chi connectivity index (χ0) is 18.6. The standard InChI is InChI=1S/C17H19F3N4O.ClH/c1-10(2)15(21)16(25)24-13-6-4-12(5-7-13)23-14-8-3-11(9-22-14)17(18,19)20;/h3-10,15H,21H2,1-2H3,(H,22,23)(H,24,25);1H/t15-;/m0./s1. The van der Waals surface area contributed by atoms with Crippen LogP contribution in [0, 0.1) is 5.92 Å². The zero-order valence-electron chi connectivity index (χ0n) is 14.2. The van der Waals surface area contributed by atoms with Gasteiger partial charge in [-0.1, -0.05) is 13.8 Å². The number of rotatable bonds is 5. The second kappa shape index (κ2) is 8.86. The predicted molar refractivity (Wildman–Crippen MR) is 97.7 cm³/mol. The van der Waals surface area contributed by atoms with Gasteiger partial charge in [0.15, 0.2) is 0 Å². The number of aromatic nitrogens is 1. The van der Waals surface area contributed by atoms with E-state index in [0.29, 0.717) is 11.4 Å². The Bertz CT molecular complexity index is 718. The minimum absolute atomic E-state index is 0. The minimum Gasteiger partial charge on any atom is -0.340 e. The average Bonchev–Trinajstić information content (AvgIpc) is 2.55. The summed E-state index contributed by atoms with van der Waals surface area (Å²) in [5.41, 5.74) is 6.16. The van der Waals surface area contributed by atoms with E-state index in [1.54, 1.807) is 24.3 Å². The van der Waals surface area contributed by atoms with Crippen molar-refractivity contribution in [3.63, 3.8) is 0 Å². The Kier molecular flexibility index (Phi) is 7.41. The number of carbonyl (C=O) groups is 1. The van der Waals surface area contributed by atoms with Crippen LogP contribution >= 0.6 is 12.4 Å². The quantitative estimate of drug-likeness (QED) is 0.717. The smallest absolute Gasteiger partial charge is 0.340 e. The number of alkyl halides is 3. The van der Waals surface area contributed by atoms with E-state index in [9.17, 15) is 18.0 Å². The molecule has 26 heavy (non-hydrogen) atoms. The molecule has 1 heterocycles. The van der Waals surface area contributed by atoms with Crippen LogP contribution in [0.15, 0.2) is 42.6 Å². The number of nitrogens with zero attached hydrogens (tertiary/aromatic N) is 1. The van der Waals surface area contributed by atoms with Crippen molar-refractivity contribution in [3.8, 4) is 0 Å². The van der Waals surface area contributed by atoms with Crippen LogP contribution in [0.4, 0.5) is 30.4 Å². The number of anilines is 3.